The molecule has 0 aliphatic rings. The second-order valence-electron chi connectivity index (χ2n) is 2.97. The van der Waals surface area contributed by atoms with E-state index in [1.54, 1.807) is 24.3 Å². The lowest BCUT2D eigenvalue weighted by Gasteiger charge is -2.12. The number of rotatable bonds is 6. The van der Waals surface area contributed by atoms with Gasteiger partial charge in [0.1, 0.15) is 0 Å². The van der Waals surface area contributed by atoms with Crippen LogP contribution in [0.25, 0.3) is 0 Å². The molecule has 0 saturated heterocycles. The SMILES string of the molecule is C/C=C/C=C/C=C/CC(C(=O)[O-])C(=O)OC. The molecule has 4 heteroatoms. The molecule has 0 aliphatic heterocycles. The Bertz CT molecular complexity index is 313. The number of hydrogen-bond donors (Lipinski definition) is 0. The van der Waals surface area contributed by atoms with Gasteiger partial charge in [0.25, 0.3) is 0 Å². The maximum absolute atomic E-state index is 11.0. The summed E-state index contributed by atoms with van der Waals surface area (Å²) < 4.78 is 4.35. The fourth-order valence-corrected chi connectivity index (χ4v) is 0.964. The predicted molar refractivity (Wildman–Crippen MR) is 58.2 cm³/mol. The third kappa shape index (κ3) is 5.80. The number of methoxy groups -OCH3 is 1. The first-order chi connectivity index (χ1) is 7.63. The molecule has 1 unspecified atom stereocenters. The molecule has 0 aromatic heterocycles. The molecule has 0 aromatic rings. The Labute approximate surface area is 94.9 Å². The minimum Gasteiger partial charge on any atom is -0.549 e. The highest BCUT2D eigenvalue weighted by atomic mass is 16.5. The predicted octanol–water partition coefficient (Wildman–Crippen LogP) is 0.604. The molecule has 0 aliphatic carbocycles. The number of ether oxygens (including phenoxy) is 1. The minimum atomic E-state index is -1.42. The molecule has 0 rings (SSSR count). The van der Waals surface area contributed by atoms with E-state index in [0.717, 1.165) is 7.11 Å². The smallest absolute Gasteiger partial charge is 0.314 e. The van der Waals surface area contributed by atoms with Crippen molar-refractivity contribution in [1.82, 2.24) is 0 Å². The van der Waals surface area contributed by atoms with Crippen molar-refractivity contribution in [1.29, 1.82) is 0 Å². The van der Waals surface area contributed by atoms with Gasteiger partial charge >= 0.3 is 5.97 Å². The standard InChI is InChI=1S/C12H16O4/c1-3-4-5-6-7-8-9-10(11(13)14)12(15)16-2/h3-8,10H,9H2,1-2H3,(H,13,14)/p-1/b4-3+,6-5+,8-7+. The normalized spacial score (nSPS) is 13.6. The van der Waals surface area contributed by atoms with E-state index in [0.29, 0.717) is 0 Å². The Balaban J connectivity index is 4.22. The van der Waals surface area contributed by atoms with Crippen molar-refractivity contribution < 1.29 is 19.4 Å². The average Bonchev–Trinajstić information content (AvgIpc) is 2.26. The molecule has 1 atom stereocenters. The fraction of sp³-hybridized carbons (Fsp3) is 0.333. The Morgan fingerprint density at radius 2 is 1.88 bits per heavy atom. The molecule has 0 N–H and O–H groups in total. The monoisotopic (exact) mass is 223 g/mol. The molecule has 0 saturated carbocycles. The zero-order valence-electron chi connectivity index (χ0n) is 9.38. The van der Waals surface area contributed by atoms with E-state index < -0.39 is 17.9 Å². The van der Waals surface area contributed by atoms with Crippen molar-refractivity contribution >= 4 is 11.9 Å². The number of carboxylic acids is 1. The number of esters is 1. The molecule has 16 heavy (non-hydrogen) atoms. The van der Waals surface area contributed by atoms with Gasteiger partial charge in [-0.2, -0.15) is 0 Å². The van der Waals surface area contributed by atoms with Crippen LogP contribution < -0.4 is 5.11 Å². The van der Waals surface area contributed by atoms with Crippen LogP contribution in [-0.2, 0) is 14.3 Å². The van der Waals surface area contributed by atoms with Crippen molar-refractivity contribution in [2.45, 2.75) is 13.3 Å². The van der Waals surface area contributed by atoms with Crippen molar-refractivity contribution in [3.05, 3.63) is 36.5 Å². The minimum absolute atomic E-state index is 0.0647. The van der Waals surface area contributed by atoms with E-state index in [4.69, 9.17) is 0 Å². The summed E-state index contributed by atoms with van der Waals surface area (Å²) >= 11 is 0. The van der Waals surface area contributed by atoms with Crippen molar-refractivity contribution in [3.63, 3.8) is 0 Å². The highest BCUT2D eigenvalue weighted by molar-refractivity contribution is 5.93. The number of aliphatic carboxylic acids is 1. The van der Waals surface area contributed by atoms with Crippen molar-refractivity contribution in [3.8, 4) is 0 Å². The number of carboxylic acid groups (broad SMARTS) is 1. The van der Waals surface area contributed by atoms with E-state index >= 15 is 0 Å². The first kappa shape index (κ1) is 14.2. The van der Waals surface area contributed by atoms with Crippen LogP contribution in [0.3, 0.4) is 0 Å². The van der Waals surface area contributed by atoms with Gasteiger partial charge in [-0.3, -0.25) is 4.79 Å². The Kier molecular flexibility index (Phi) is 7.49. The van der Waals surface area contributed by atoms with Crippen molar-refractivity contribution in [2.24, 2.45) is 5.92 Å². The lowest BCUT2D eigenvalue weighted by atomic mass is 10.1. The topological polar surface area (TPSA) is 66.4 Å². The molecule has 0 aromatic carbocycles. The van der Waals surface area contributed by atoms with Crippen LogP contribution in [0.5, 0.6) is 0 Å². The van der Waals surface area contributed by atoms with Crippen LogP contribution in [0.1, 0.15) is 13.3 Å². The summed E-state index contributed by atoms with van der Waals surface area (Å²) in [7, 11) is 1.15. The third-order valence-corrected chi connectivity index (χ3v) is 1.80. The lowest BCUT2D eigenvalue weighted by Crippen LogP contribution is -2.36. The van der Waals surface area contributed by atoms with Crippen LogP contribution in [-0.4, -0.2) is 19.0 Å². The van der Waals surface area contributed by atoms with Gasteiger partial charge in [-0.05, 0) is 13.3 Å². The van der Waals surface area contributed by atoms with Gasteiger partial charge in [-0.25, -0.2) is 0 Å². The maximum atomic E-state index is 11.0. The maximum Gasteiger partial charge on any atom is 0.314 e. The van der Waals surface area contributed by atoms with E-state index in [9.17, 15) is 14.7 Å². The Morgan fingerprint density at radius 1 is 1.25 bits per heavy atom. The van der Waals surface area contributed by atoms with Crippen LogP contribution in [0.4, 0.5) is 0 Å². The first-order valence-electron chi connectivity index (χ1n) is 4.86. The van der Waals surface area contributed by atoms with Crippen LogP contribution in [0.15, 0.2) is 36.5 Å². The second-order valence-corrected chi connectivity index (χ2v) is 2.97. The molecule has 0 radical (unpaired) electrons. The molecule has 0 bridgehead atoms. The van der Waals surface area contributed by atoms with Crippen molar-refractivity contribution in [2.75, 3.05) is 7.11 Å². The van der Waals surface area contributed by atoms with Gasteiger partial charge in [0.2, 0.25) is 0 Å². The molecule has 0 fully saturated rings. The molecule has 88 valence electrons. The number of carbonyl (C=O) groups excluding carboxylic acids is 2. The van der Waals surface area contributed by atoms with E-state index in [1.165, 1.54) is 0 Å². The number of hydrogen-bond acceptors (Lipinski definition) is 4. The largest absolute Gasteiger partial charge is 0.549 e. The molecule has 0 heterocycles. The zero-order chi connectivity index (χ0) is 12.4. The summed E-state index contributed by atoms with van der Waals surface area (Å²) in [6.07, 6.45) is 10.5. The highest BCUT2D eigenvalue weighted by Gasteiger charge is 2.18. The summed E-state index contributed by atoms with van der Waals surface area (Å²) in [6, 6.07) is 0. The zero-order valence-corrected chi connectivity index (χ0v) is 9.38. The van der Waals surface area contributed by atoms with E-state index in [2.05, 4.69) is 4.74 Å². The summed E-state index contributed by atoms with van der Waals surface area (Å²) in [5.41, 5.74) is 0. The number of allylic oxidation sites excluding steroid dienone is 6. The highest BCUT2D eigenvalue weighted by Crippen LogP contribution is 2.05. The Hall–Kier alpha value is -1.84. The fourth-order valence-electron chi connectivity index (χ4n) is 0.964. The molecule has 0 spiro atoms. The van der Waals surface area contributed by atoms with Gasteiger partial charge in [-0.15, -0.1) is 0 Å². The molecular formula is C12H15O4-. The van der Waals surface area contributed by atoms with Gasteiger partial charge < -0.3 is 14.6 Å². The third-order valence-electron chi connectivity index (χ3n) is 1.80. The first-order valence-corrected chi connectivity index (χ1v) is 4.86. The van der Waals surface area contributed by atoms with Gasteiger partial charge in [0.05, 0.1) is 19.0 Å². The van der Waals surface area contributed by atoms with E-state index in [-0.39, 0.29) is 6.42 Å². The van der Waals surface area contributed by atoms with Gasteiger partial charge in [0, 0.05) is 0 Å². The second kappa shape index (κ2) is 8.47. The summed E-state index contributed by atoms with van der Waals surface area (Å²) in [4.78, 5) is 21.6. The van der Waals surface area contributed by atoms with Crippen LogP contribution in [0, 0.1) is 5.92 Å². The lowest BCUT2D eigenvalue weighted by molar-refractivity contribution is -0.310. The molecular weight excluding hydrogens is 208 g/mol. The van der Waals surface area contributed by atoms with Gasteiger partial charge in [-0.1, -0.05) is 36.5 Å². The number of carbonyl (C=O) groups is 2. The summed E-state index contributed by atoms with van der Waals surface area (Å²) in [5.74, 6) is -3.45. The summed E-state index contributed by atoms with van der Waals surface area (Å²) in [6.45, 7) is 1.89. The quantitative estimate of drug-likeness (QED) is 0.376. The Morgan fingerprint density at radius 3 is 2.38 bits per heavy atom. The summed E-state index contributed by atoms with van der Waals surface area (Å²) in [5, 5.41) is 10.6. The molecule has 4 nitrogen and oxygen atoms in total. The van der Waals surface area contributed by atoms with Crippen LogP contribution >= 0.6 is 0 Å². The van der Waals surface area contributed by atoms with Crippen LogP contribution in [0.2, 0.25) is 0 Å². The molecule has 0 amide bonds. The van der Waals surface area contributed by atoms with E-state index in [1.807, 2.05) is 19.1 Å². The van der Waals surface area contributed by atoms with Gasteiger partial charge in [0.15, 0.2) is 0 Å². The average molecular weight is 223 g/mol.